The van der Waals surface area contributed by atoms with Crippen LogP contribution >= 0.6 is 0 Å². The Morgan fingerprint density at radius 3 is 2.32 bits per heavy atom. The molecule has 1 N–H and O–H groups in total. The average molecular weight is 336 g/mol. The number of likely N-dealkylation sites (N-methyl/N-ethyl adjacent to an activating group) is 1. The maximum absolute atomic E-state index is 13.2. The lowest BCUT2D eigenvalue weighted by atomic mass is 10.1. The molecule has 0 fully saturated rings. The molecule has 1 heterocycles. The summed E-state index contributed by atoms with van der Waals surface area (Å²) in [6.45, 7) is 1.68. The first-order valence-corrected chi connectivity index (χ1v) is 8.21. The van der Waals surface area contributed by atoms with E-state index in [1.165, 1.54) is 12.1 Å². The van der Waals surface area contributed by atoms with Crippen molar-refractivity contribution < 1.29 is 4.39 Å². The molecule has 0 unspecified atom stereocenters. The van der Waals surface area contributed by atoms with Crippen LogP contribution in [0.1, 0.15) is 0 Å². The predicted molar refractivity (Wildman–Crippen MR) is 99.9 cm³/mol. The highest BCUT2D eigenvalue weighted by atomic mass is 19.1. The Balaban J connectivity index is 1.97. The van der Waals surface area contributed by atoms with Crippen LogP contribution in [0.2, 0.25) is 0 Å². The third-order valence-corrected chi connectivity index (χ3v) is 3.76. The summed E-state index contributed by atoms with van der Waals surface area (Å²) in [5.74, 6) is 1.15. The van der Waals surface area contributed by atoms with E-state index < -0.39 is 0 Å². The molecular formula is C20H21FN4. The topological polar surface area (TPSA) is 41.0 Å². The van der Waals surface area contributed by atoms with E-state index in [4.69, 9.17) is 0 Å². The standard InChI is InChI=1S/C20H21FN4/c1-25(2)13-12-22-19-14-18(15-8-10-17(21)11-9-15)23-20(24-19)16-6-4-3-5-7-16/h3-11,14H,12-13H2,1-2H3,(H,22,23,24). The summed E-state index contributed by atoms with van der Waals surface area (Å²) in [5.41, 5.74) is 2.57. The molecule has 0 spiro atoms. The van der Waals surface area contributed by atoms with Crippen molar-refractivity contribution in [2.24, 2.45) is 0 Å². The van der Waals surface area contributed by atoms with E-state index in [-0.39, 0.29) is 5.82 Å². The van der Waals surface area contributed by atoms with Gasteiger partial charge in [-0.05, 0) is 38.4 Å². The Hall–Kier alpha value is -2.79. The lowest BCUT2D eigenvalue weighted by molar-refractivity contribution is 0.425. The third-order valence-electron chi connectivity index (χ3n) is 3.76. The summed E-state index contributed by atoms with van der Waals surface area (Å²) >= 11 is 0. The fourth-order valence-corrected chi connectivity index (χ4v) is 2.43. The number of hydrogen-bond donors (Lipinski definition) is 1. The van der Waals surface area contributed by atoms with Crippen LogP contribution in [0.25, 0.3) is 22.6 Å². The lowest BCUT2D eigenvalue weighted by Crippen LogP contribution is -2.21. The van der Waals surface area contributed by atoms with E-state index >= 15 is 0 Å². The molecule has 4 nitrogen and oxygen atoms in total. The monoisotopic (exact) mass is 336 g/mol. The molecule has 0 saturated carbocycles. The summed E-state index contributed by atoms with van der Waals surface area (Å²) in [4.78, 5) is 11.4. The van der Waals surface area contributed by atoms with Gasteiger partial charge in [-0.3, -0.25) is 0 Å². The van der Waals surface area contributed by atoms with Crippen molar-refractivity contribution in [3.05, 3.63) is 66.5 Å². The van der Waals surface area contributed by atoms with Crippen molar-refractivity contribution in [2.75, 3.05) is 32.5 Å². The van der Waals surface area contributed by atoms with Crippen LogP contribution in [-0.4, -0.2) is 42.1 Å². The van der Waals surface area contributed by atoms with Gasteiger partial charge in [-0.15, -0.1) is 0 Å². The zero-order chi connectivity index (χ0) is 17.6. The van der Waals surface area contributed by atoms with E-state index in [1.807, 2.05) is 50.5 Å². The molecule has 0 aliphatic rings. The van der Waals surface area contributed by atoms with Crippen LogP contribution < -0.4 is 5.32 Å². The molecule has 0 aliphatic carbocycles. The van der Waals surface area contributed by atoms with Crippen molar-refractivity contribution in [1.82, 2.24) is 14.9 Å². The molecule has 3 rings (SSSR count). The molecule has 2 aromatic carbocycles. The second-order valence-electron chi connectivity index (χ2n) is 6.07. The number of nitrogens with one attached hydrogen (secondary N) is 1. The quantitative estimate of drug-likeness (QED) is 0.741. The second-order valence-corrected chi connectivity index (χ2v) is 6.07. The number of aromatic nitrogens is 2. The van der Waals surface area contributed by atoms with Gasteiger partial charge in [0.05, 0.1) is 5.69 Å². The van der Waals surface area contributed by atoms with Crippen LogP contribution in [0.3, 0.4) is 0 Å². The van der Waals surface area contributed by atoms with Gasteiger partial charge in [0.15, 0.2) is 5.82 Å². The zero-order valence-electron chi connectivity index (χ0n) is 14.4. The Kier molecular flexibility index (Phi) is 5.36. The van der Waals surface area contributed by atoms with Crippen molar-refractivity contribution in [3.8, 4) is 22.6 Å². The largest absolute Gasteiger partial charge is 0.369 e. The first kappa shape index (κ1) is 17.0. The van der Waals surface area contributed by atoms with Crippen molar-refractivity contribution in [3.63, 3.8) is 0 Å². The van der Waals surface area contributed by atoms with Gasteiger partial charge in [-0.25, -0.2) is 14.4 Å². The number of hydrogen-bond acceptors (Lipinski definition) is 4. The molecule has 1 aromatic heterocycles. The van der Waals surface area contributed by atoms with E-state index in [0.717, 1.165) is 35.7 Å². The molecule has 0 atom stereocenters. The highest BCUT2D eigenvalue weighted by Crippen LogP contribution is 2.24. The van der Waals surface area contributed by atoms with E-state index in [2.05, 4.69) is 20.2 Å². The number of benzene rings is 2. The van der Waals surface area contributed by atoms with Gasteiger partial charge in [-0.2, -0.15) is 0 Å². The summed E-state index contributed by atoms with van der Waals surface area (Å²) in [7, 11) is 4.06. The fourth-order valence-electron chi connectivity index (χ4n) is 2.43. The van der Waals surface area contributed by atoms with Gasteiger partial charge in [0.1, 0.15) is 11.6 Å². The van der Waals surface area contributed by atoms with Gasteiger partial charge in [0.25, 0.3) is 0 Å². The minimum Gasteiger partial charge on any atom is -0.369 e. The maximum Gasteiger partial charge on any atom is 0.162 e. The maximum atomic E-state index is 13.2. The first-order chi connectivity index (χ1) is 12.1. The molecule has 0 bridgehead atoms. The van der Waals surface area contributed by atoms with E-state index in [9.17, 15) is 4.39 Å². The number of anilines is 1. The van der Waals surface area contributed by atoms with Crippen LogP contribution in [0, 0.1) is 5.82 Å². The van der Waals surface area contributed by atoms with Crippen LogP contribution in [0.5, 0.6) is 0 Å². The Bertz CT molecular complexity index is 817. The number of halogens is 1. The SMILES string of the molecule is CN(C)CCNc1cc(-c2ccc(F)cc2)nc(-c2ccccc2)n1. The van der Waals surface area contributed by atoms with Crippen LogP contribution in [0.4, 0.5) is 10.2 Å². The Labute approximate surface area is 147 Å². The van der Waals surface area contributed by atoms with Crippen molar-refractivity contribution in [2.45, 2.75) is 0 Å². The van der Waals surface area contributed by atoms with Gasteiger partial charge in [0.2, 0.25) is 0 Å². The van der Waals surface area contributed by atoms with Crippen molar-refractivity contribution >= 4 is 5.82 Å². The molecule has 0 radical (unpaired) electrons. The Morgan fingerprint density at radius 1 is 0.920 bits per heavy atom. The van der Waals surface area contributed by atoms with Crippen molar-refractivity contribution in [1.29, 1.82) is 0 Å². The van der Waals surface area contributed by atoms with E-state index in [1.54, 1.807) is 12.1 Å². The highest BCUT2D eigenvalue weighted by Gasteiger charge is 2.09. The first-order valence-electron chi connectivity index (χ1n) is 8.21. The number of rotatable bonds is 6. The molecule has 0 amide bonds. The van der Waals surface area contributed by atoms with Crippen LogP contribution in [0.15, 0.2) is 60.7 Å². The van der Waals surface area contributed by atoms with E-state index in [0.29, 0.717) is 5.82 Å². The minimum absolute atomic E-state index is 0.259. The summed E-state index contributed by atoms with van der Waals surface area (Å²) in [5, 5.41) is 3.34. The molecule has 5 heteroatoms. The average Bonchev–Trinajstić information content (AvgIpc) is 2.62. The highest BCUT2D eigenvalue weighted by molar-refractivity contribution is 5.67. The lowest BCUT2D eigenvalue weighted by Gasteiger charge is -2.13. The van der Waals surface area contributed by atoms with Gasteiger partial charge < -0.3 is 10.2 Å². The molecule has 0 aliphatic heterocycles. The molecule has 3 aromatic rings. The summed E-state index contributed by atoms with van der Waals surface area (Å²) in [6, 6.07) is 18.1. The van der Waals surface area contributed by atoms with Gasteiger partial charge in [0, 0.05) is 30.3 Å². The molecule has 0 saturated heterocycles. The zero-order valence-corrected chi connectivity index (χ0v) is 14.4. The number of nitrogens with zero attached hydrogens (tertiary/aromatic N) is 3. The third kappa shape index (κ3) is 4.61. The summed E-state index contributed by atoms with van der Waals surface area (Å²) in [6.07, 6.45) is 0. The second kappa shape index (κ2) is 7.85. The minimum atomic E-state index is -0.259. The molecule has 128 valence electrons. The molecule has 25 heavy (non-hydrogen) atoms. The Morgan fingerprint density at radius 2 is 1.64 bits per heavy atom. The predicted octanol–water partition coefficient (Wildman–Crippen LogP) is 3.92. The normalized spacial score (nSPS) is 10.9. The fraction of sp³-hybridized carbons (Fsp3) is 0.200. The summed E-state index contributed by atoms with van der Waals surface area (Å²) < 4.78 is 13.2. The van der Waals surface area contributed by atoms with Gasteiger partial charge >= 0.3 is 0 Å². The van der Waals surface area contributed by atoms with Gasteiger partial charge in [-0.1, -0.05) is 30.3 Å². The van der Waals surface area contributed by atoms with Crippen LogP contribution in [-0.2, 0) is 0 Å². The smallest absolute Gasteiger partial charge is 0.162 e. The molecular weight excluding hydrogens is 315 g/mol.